The first-order valence-electron chi connectivity index (χ1n) is 9.14. The minimum atomic E-state index is -0.155. The molecule has 0 aliphatic rings. The Morgan fingerprint density at radius 3 is 2.59 bits per heavy atom. The van der Waals surface area contributed by atoms with E-state index in [1.807, 2.05) is 42.5 Å². The second-order valence-corrected chi connectivity index (χ2v) is 7.00. The van der Waals surface area contributed by atoms with Gasteiger partial charge >= 0.3 is 0 Å². The van der Waals surface area contributed by atoms with Gasteiger partial charge in [-0.25, -0.2) is 0 Å². The van der Waals surface area contributed by atoms with Crippen LogP contribution >= 0.6 is 15.9 Å². The fraction of sp³-hybridized carbons (Fsp3) is 0.381. The van der Waals surface area contributed by atoms with E-state index in [4.69, 9.17) is 9.47 Å². The first-order chi connectivity index (χ1) is 13.1. The number of amides is 1. The van der Waals surface area contributed by atoms with Crippen LogP contribution in [-0.4, -0.2) is 32.7 Å². The zero-order valence-corrected chi connectivity index (χ0v) is 17.5. The molecule has 1 amide bonds. The number of hydrogen-bond acceptors (Lipinski definition) is 4. The number of halogens is 1. The van der Waals surface area contributed by atoms with Crippen molar-refractivity contribution in [2.24, 2.45) is 0 Å². The average molecular weight is 435 g/mol. The molecule has 2 aromatic carbocycles. The maximum absolute atomic E-state index is 12.0. The van der Waals surface area contributed by atoms with Crippen molar-refractivity contribution in [3.63, 3.8) is 0 Å². The lowest BCUT2D eigenvalue weighted by molar-refractivity contribution is -0.123. The summed E-state index contributed by atoms with van der Waals surface area (Å²) in [6, 6.07) is 13.8. The Labute approximate surface area is 169 Å². The third-order valence-corrected chi connectivity index (χ3v) is 4.75. The molecule has 2 aromatic rings. The van der Waals surface area contributed by atoms with Crippen LogP contribution in [0.25, 0.3) is 0 Å². The van der Waals surface area contributed by atoms with Crippen molar-refractivity contribution in [2.45, 2.75) is 26.3 Å². The van der Waals surface area contributed by atoms with Gasteiger partial charge in [-0.2, -0.15) is 0 Å². The van der Waals surface area contributed by atoms with Crippen molar-refractivity contribution < 1.29 is 14.3 Å². The highest BCUT2D eigenvalue weighted by Crippen LogP contribution is 2.33. The fourth-order valence-corrected chi connectivity index (χ4v) is 3.03. The molecule has 6 heteroatoms. The lowest BCUT2D eigenvalue weighted by Crippen LogP contribution is -2.30. The first-order valence-corrected chi connectivity index (χ1v) is 9.94. The molecular weight excluding hydrogens is 408 g/mol. The van der Waals surface area contributed by atoms with Crippen molar-refractivity contribution in [3.8, 4) is 11.5 Å². The highest BCUT2D eigenvalue weighted by atomic mass is 79.9. The molecule has 0 radical (unpaired) electrons. The predicted molar refractivity (Wildman–Crippen MR) is 111 cm³/mol. The molecule has 146 valence electrons. The summed E-state index contributed by atoms with van der Waals surface area (Å²) >= 11 is 3.56. The van der Waals surface area contributed by atoms with Crippen molar-refractivity contribution in [3.05, 3.63) is 58.1 Å². The van der Waals surface area contributed by atoms with Crippen molar-refractivity contribution in [1.29, 1.82) is 0 Å². The molecule has 27 heavy (non-hydrogen) atoms. The quantitative estimate of drug-likeness (QED) is 0.529. The molecule has 2 rings (SSSR count). The van der Waals surface area contributed by atoms with E-state index in [-0.39, 0.29) is 12.5 Å². The Kier molecular flexibility index (Phi) is 9.15. The van der Waals surface area contributed by atoms with E-state index in [0.29, 0.717) is 18.0 Å². The summed E-state index contributed by atoms with van der Waals surface area (Å²) in [7, 11) is 1.60. The van der Waals surface area contributed by atoms with E-state index in [0.717, 1.165) is 36.0 Å². The normalized spacial score (nSPS) is 10.5. The molecule has 0 aromatic heterocycles. The van der Waals surface area contributed by atoms with E-state index < -0.39 is 0 Å². The Morgan fingerprint density at radius 2 is 1.89 bits per heavy atom. The van der Waals surface area contributed by atoms with Gasteiger partial charge in [-0.15, -0.1) is 0 Å². The molecule has 0 aliphatic carbocycles. The van der Waals surface area contributed by atoms with Gasteiger partial charge in [0.2, 0.25) is 0 Å². The first kappa shape index (κ1) is 21.3. The van der Waals surface area contributed by atoms with Crippen molar-refractivity contribution >= 4 is 21.8 Å². The maximum Gasteiger partial charge on any atom is 0.257 e. The monoisotopic (exact) mass is 434 g/mol. The van der Waals surface area contributed by atoms with Gasteiger partial charge < -0.3 is 20.1 Å². The summed E-state index contributed by atoms with van der Waals surface area (Å²) < 4.78 is 12.0. The van der Waals surface area contributed by atoms with E-state index >= 15 is 0 Å². The topological polar surface area (TPSA) is 59.6 Å². The van der Waals surface area contributed by atoms with Crippen LogP contribution in [0.4, 0.5) is 0 Å². The molecule has 0 spiro atoms. The third kappa shape index (κ3) is 7.23. The van der Waals surface area contributed by atoms with E-state index in [1.165, 1.54) is 5.56 Å². The van der Waals surface area contributed by atoms with Crippen LogP contribution in [0.1, 0.15) is 24.5 Å². The van der Waals surface area contributed by atoms with Crippen LogP contribution in [0.15, 0.2) is 46.9 Å². The van der Waals surface area contributed by atoms with Gasteiger partial charge in [0.1, 0.15) is 0 Å². The Hall–Kier alpha value is -2.05. The Bertz CT molecular complexity index is 723. The van der Waals surface area contributed by atoms with Gasteiger partial charge in [-0.05, 0) is 42.6 Å². The summed E-state index contributed by atoms with van der Waals surface area (Å²) in [6.45, 7) is 4.35. The molecule has 0 saturated carbocycles. The molecule has 0 atom stereocenters. The van der Waals surface area contributed by atoms with E-state index in [2.05, 4.69) is 33.5 Å². The molecule has 0 unspecified atom stereocenters. The summed E-state index contributed by atoms with van der Waals surface area (Å²) in [5, 5.41) is 6.23. The number of carbonyl (C=O) groups excluding carboxylic acids is 1. The Morgan fingerprint density at radius 1 is 1.11 bits per heavy atom. The predicted octanol–water partition coefficient (Wildman–Crippen LogP) is 3.70. The zero-order valence-electron chi connectivity index (χ0n) is 15.9. The lowest BCUT2D eigenvalue weighted by atomic mass is 10.1. The number of carbonyl (C=O) groups is 1. The van der Waals surface area contributed by atoms with E-state index in [9.17, 15) is 4.79 Å². The lowest BCUT2D eigenvalue weighted by Gasteiger charge is -2.14. The Balaban J connectivity index is 1.84. The van der Waals surface area contributed by atoms with Crippen molar-refractivity contribution in [1.82, 2.24) is 10.6 Å². The molecule has 0 heterocycles. The molecule has 0 saturated heterocycles. The summed E-state index contributed by atoms with van der Waals surface area (Å²) in [6.07, 6.45) is 1.87. The number of hydrogen-bond donors (Lipinski definition) is 2. The number of rotatable bonds is 11. The fourth-order valence-electron chi connectivity index (χ4n) is 2.57. The van der Waals surface area contributed by atoms with Crippen LogP contribution in [0.5, 0.6) is 11.5 Å². The van der Waals surface area contributed by atoms with Gasteiger partial charge in [-0.3, -0.25) is 4.79 Å². The molecule has 0 bridgehead atoms. The van der Waals surface area contributed by atoms with Gasteiger partial charge in [0.05, 0.1) is 7.11 Å². The molecule has 0 fully saturated rings. The summed E-state index contributed by atoms with van der Waals surface area (Å²) in [5.74, 6) is 1.00. The smallest absolute Gasteiger partial charge is 0.257 e. The van der Waals surface area contributed by atoms with Crippen LogP contribution in [0, 0.1) is 0 Å². The van der Waals surface area contributed by atoms with Gasteiger partial charge in [-0.1, -0.05) is 53.2 Å². The SMILES string of the molecule is CCCNCc1cc(OC)c(OCC(=O)NCCc2ccccc2)cc1Br. The van der Waals surface area contributed by atoms with Crippen LogP contribution in [0.2, 0.25) is 0 Å². The number of methoxy groups -OCH3 is 1. The third-order valence-electron chi connectivity index (χ3n) is 4.01. The minimum absolute atomic E-state index is 0.0506. The largest absolute Gasteiger partial charge is 0.493 e. The van der Waals surface area contributed by atoms with Gasteiger partial charge in [0.15, 0.2) is 18.1 Å². The van der Waals surface area contributed by atoms with Crippen LogP contribution < -0.4 is 20.1 Å². The summed E-state index contributed by atoms with van der Waals surface area (Å²) in [5.41, 5.74) is 2.27. The molecule has 0 aliphatic heterocycles. The van der Waals surface area contributed by atoms with Crippen LogP contribution in [-0.2, 0) is 17.8 Å². The second kappa shape index (κ2) is 11.6. The van der Waals surface area contributed by atoms with E-state index in [1.54, 1.807) is 7.11 Å². The highest BCUT2D eigenvalue weighted by Gasteiger charge is 2.12. The number of nitrogens with one attached hydrogen (secondary N) is 2. The highest BCUT2D eigenvalue weighted by molar-refractivity contribution is 9.10. The molecule has 2 N–H and O–H groups in total. The zero-order chi connectivity index (χ0) is 19.5. The minimum Gasteiger partial charge on any atom is -0.493 e. The number of ether oxygens (including phenoxy) is 2. The molecular formula is C21H27BrN2O3. The maximum atomic E-state index is 12.0. The summed E-state index contributed by atoms with van der Waals surface area (Å²) in [4.78, 5) is 12.0. The van der Waals surface area contributed by atoms with Crippen molar-refractivity contribution in [2.75, 3.05) is 26.8 Å². The van der Waals surface area contributed by atoms with Gasteiger partial charge in [0.25, 0.3) is 5.91 Å². The van der Waals surface area contributed by atoms with Crippen LogP contribution in [0.3, 0.4) is 0 Å². The number of benzene rings is 2. The molecule has 5 nitrogen and oxygen atoms in total. The van der Waals surface area contributed by atoms with Gasteiger partial charge in [0, 0.05) is 17.6 Å². The standard InChI is InChI=1S/C21H27BrN2O3/c1-3-10-23-14-17-12-19(26-2)20(13-18(17)22)27-15-21(25)24-11-9-16-7-5-4-6-8-16/h4-8,12-13,23H,3,9-11,14-15H2,1-2H3,(H,24,25). The second-order valence-electron chi connectivity index (χ2n) is 6.15. The average Bonchev–Trinajstić information content (AvgIpc) is 2.68.